The molecule has 0 aliphatic carbocycles. The Balaban J connectivity index is 1.46. The molecule has 1 amide bonds. The van der Waals surface area contributed by atoms with Crippen LogP contribution in [0, 0.1) is 0 Å². The van der Waals surface area contributed by atoms with Crippen LogP contribution in [-0.4, -0.2) is 63.1 Å². The first-order valence-corrected chi connectivity index (χ1v) is 14.3. The second-order valence-electron chi connectivity index (χ2n) is 9.66. The van der Waals surface area contributed by atoms with Crippen LogP contribution in [-0.2, 0) is 14.8 Å². The molecule has 4 rings (SSSR count). The number of carbonyl (C=O) groups excluding carboxylic acids is 1. The highest BCUT2D eigenvalue weighted by Crippen LogP contribution is 2.29. The van der Waals surface area contributed by atoms with E-state index in [2.05, 4.69) is 67.3 Å². The molecule has 0 saturated carbocycles. The van der Waals surface area contributed by atoms with Gasteiger partial charge in [0, 0.05) is 26.2 Å². The summed E-state index contributed by atoms with van der Waals surface area (Å²) in [5.74, 6) is 0.170. The van der Waals surface area contributed by atoms with Gasteiger partial charge in [0.2, 0.25) is 15.9 Å². The van der Waals surface area contributed by atoms with Crippen molar-refractivity contribution in [2.24, 2.45) is 0 Å². The lowest BCUT2D eigenvalue weighted by atomic mass is 9.96. The summed E-state index contributed by atoms with van der Waals surface area (Å²) in [6, 6.07) is 28.4. The summed E-state index contributed by atoms with van der Waals surface area (Å²) in [5.41, 5.74) is 4.08. The smallest absolute Gasteiger partial charge is 0.243 e. The molecular weight excluding hydrogens is 470 g/mol. The Kier molecular flexibility index (Phi) is 8.11. The minimum Gasteiger partial charge on any atom is -0.339 e. The molecule has 1 saturated heterocycles. The van der Waals surface area contributed by atoms with Crippen LogP contribution in [0.25, 0.3) is 0 Å². The van der Waals surface area contributed by atoms with Crippen LogP contribution < -0.4 is 4.31 Å². The van der Waals surface area contributed by atoms with Gasteiger partial charge in [0.25, 0.3) is 0 Å². The first kappa shape index (κ1) is 25.9. The number of sulfonamides is 1. The van der Waals surface area contributed by atoms with Crippen LogP contribution in [0.4, 0.5) is 5.69 Å². The van der Waals surface area contributed by atoms with Gasteiger partial charge in [-0.1, -0.05) is 86.6 Å². The number of rotatable bonds is 8. The molecule has 1 heterocycles. The van der Waals surface area contributed by atoms with Gasteiger partial charge in [-0.05, 0) is 34.7 Å². The number of hydrogen-bond acceptors (Lipinski definition) is 4. The van der Waals surface area contributed by atoms with Gasteiger partial charge in [0.05, 0.1) is 18.0 Å². The van der Waals surface area contributed by atoms with Crippen LogP contribution >= 0.6 is 0 Å². The van der Waals surface area contributed by atoms with Crippen LogP contribution in [0.2, 0.25) is 0 Å². The molecule has 0 aromatic heterocycles. The topological polar surface area (TPSA) is 60.9 Å². The Morgan fingerprint density at radius 1 is 0.778 bits per heavy atom. The molecule has 1 aliphatic heterocycles. The lowest BCUT2D eigenvalue weighted by Crippen LogP contribution is -2.52. The molecule has 0 unspecified atom stereocenters. The maximum Gasteiger partial charge on any atom is 0.243 e. The first-order chi connectivity index (χ1) is 17.2. The fourth-order valence-corrected chi connectivity index (χ4v) is 5.61. The normalized spacial score (nSPS) is 14.9. The highest BCUT2D eigenvalue weighted by Gasteiger charge is 2.30. The summed E-state index contributed by atoms with van der Waals surface area (Å²) in [5, 5.41) is 0. The number of nitrogens with zero attached hydrogens (tertiary/aromatic N) is 3. The SMILES string of the molecule is CC(C)c1ccc(N(CC(=O)N2CCN(C(c3ccccc3)c3ccccc3)CC2)S(C)(=O)=O)cc1. The molecule has 0 spiro atoms. The van der Waals surface area contributed by atoms with Gasteiger partial charge in [-0.2, -0.15) is 0 Å². The molecule has 3 aromatic carbocycles. The maximum absolute atomic E-state index is 13.2. The van der Waals surface area contributed by atoms with Crippen molar-refractivity contribution in [3.8, 4) is 0 Å². The van der Waals surface area contributed by atoms with Gasteiger partial charge in [-0.3, -0.25) is 14.0 Å². The van der Waals surface area contributed by atoms with Gasteiger partial charge in [0.1, 0.15) is 6.54 Å². The number of amides is 1. The number of carbonyl (C=O) groups is 1. The molecule has 190 valence electrons. The van der Waals surface area contributed by atoms with Gasteiger partial charge >= 0.3 is 0 Å². The van der Waals surface area contributed by atoms with Crippen molar-refractivity contribution in [2.75, 3.05) is 43.3 Å². The van der Waals surface area contributed by atoms with Crippen molar-refractivity contribution in [1.29, 1.82) is 0 Å². The summed E-state index contributed by atoms with van der Waals surface area (Å²) >= 11 is 0. The fourth-order valence-electron chi connectivity index (χ4n) is 4.76. The van der Waals surface area contributed by atoms with E-state index in [1.165, 1.54) is 15.4 Å². The van der Waals surface area contributed by atoms with Crippen LogP contribution in [0.15, 0.2) is 84.9 Å². The average Bonchev–Trinajstić information content (AvgIpc) is 2.88. The summed E-state index contributed by atoms with van der Waals surface area (Å²) in [7, 11) is -3.61. The average molecular weight is 506 g/mol. The highest BCUT2D eigenvalue weighted by molar-refractivity contribution is 7.92. The predicted molar refractivity (Wildman–Crippen MR) is 146 cm³/mol. The number of piperazine rings is 1. The minimum atomic E-state index is -3.61. The highest BCUT2D eigenvalue weighted by atomic mass is 32.2. The van der Waals surface area contributed by atoms with Gasteiger partial charge < -0.3 is 4.90 Å². The summed E-state index contributed by atoms with van der Waals surface area (Å²) in [6.45, 7) is 6.52. The van der Waals surface area contributed by atoms with Crippen molar-refractivity contribution in [1.82, 2.24) is 9.80 Å². The van der Waals surface area contributed by atoms with E-state index in [0.29, 0.717) is 37.8 Å². The number of anilines is 1. The molecule has 6 nitrogen and oxygen atoms in total. The second kappa shape index (κ2) is 11.3. The van der Waals surface area contributed by atoms with E-state index in [0.717, 1.165) is 11.8 Å². The van der Waals surface area contributed by atoms with Crippen molar-refractivity contribution < 1.29 is 13.2 Å². The summed E-state index contributed by atoms with van der Waals surface area (Å²) < 4.78 is 26.4. The van der Waals surface area contributed by atoms with E-state index in [1.54, 1.807) is 17.0 Å². The van der Waals surface area contributed by atoms with Gasteiger partial charge in [0.15, 0.2) is 0 Å². The van der Waals surface area contributed by atoms with E-state index < -0.39 is 10.0 Å². The minimum absolute atomic E-state index is 0.108. The molecule has 1 fully saturated rings. The molecule has 36 heavy (non-hydrogen) atoms. The zero-order chi connectivity index (χ0) is 25.7. The Labute approximate surface area is 215 Å². The van der Waals surface area contributed by atoms with Crippen molar-refractivity contribution >= 4 is 21.6 Å². The third kappa shape index (κ3) is 6.15. The lowest BCUT2D eigenvalue weighted by molar-refractivity contribution is -0.131. The fraction of sp³-hybridized carbons (Fsp3) is 0.345. The van der Waals surface area contributed by atoms with E-state index in [9.17, 15) is 13.2 Å². The van der Waals surface area contributed by atoms with Crippen LogP contribution in [0.3, 0.4) is 0 Å². The number of hydrogen-bond donors (Lipinski definition) is 0. The summed E-state index contributed by atoms with van der Waals surface area (Å²) in [6.07, 6.45) is 1.15. The standard InChI is InChI=1S/C29H35N3O3S/c1-23(2)24-14-16-27(17-15-24)32(36(3,34)35)22-28(33)30-18-20-31(21-19-30)29(25-10-6-4-7-11-25)26-12-8-5-9-13-26/h4-17,23,29H,18-22H2,1-3H3. The second-order valence-corrected chi connectivity index (χ2v) is 11.6. The molecule has 0 bridgehead atoms. The predicted octanol–water partition coefficient (Wildman–Crippen LogP) is 4.51. The van der Waals surface area contributed by atoms with E-state index in [-0.39, 0.29) is 18.5 Å². The maximum atomic E-state index is 13.2. The van der Waals surface area contributed by atoms with Crippen molar-refractivity contribution in [3.05, 3.63) is 102 Å². The summed E-state index contributed by atoms with van der Waals surface area (Å²) in [4.78, 5) is 17.4. The molecular formula is C29H35N3O3S. The van der Waals surface area contributed by atoms with Crippen LogP contribution in [0.5, 0.6) is 0 Å². The van der Waals surface area contributed by atoms with Crippen molar-refractivity contribution in [3.63, 3.8) is 0 Å². The lowest BCUT2D eigenvalue weighted by Gasteiger charge is -2.40. The Morgan fingerprint density at radius 2 is 1.28 bits per heavy atom. The zero-order valence-electron chi connectivity index (χ0n) is 21.2. The quantitative estimate of drug-likeness (QED) is 0.452. The van der Waals surface area contributed by atoms with E-state index >= 15 is 0 Å². The third-order valence-electron chi connectivity index (χ3n) is 6.79. The third-order valence-corrected chi connectivity index (χ3v) is 7.93. The molecule has 7 heteroatoms. The molecule has 0 atom stereocenters. The Morgan fingerprint density at radius 3 is 1.72 bits per heavy atom. The Hall–Kier alpha value is -3.16. The molecule has 3 aromatic rings. The molecule has 0 N–H and O–H groups in total. The van der Waals surface area contributed by atoms with Gasteiger partial charge in [-0.25, -0.2) is 8.42 Å². The first-order valence-electron chi connectivity index (χ1n) is 12.4. The van der Waals surface area contributed by atoms with Crippen molar-refractivity contribution in [2.45, 2.75) is 25.8 Å². The largest absolute Gasteiger partial charge is 0.339 e. The van der Waals surface area contributed by atoms with E-state index in [1.807, 2.05) is 24.3 Å². The monoisotopic (exact) mass is 505 g/mol. The Bertz CT molecular complexity index is 1200. The zero-order valence-corrected chi connectivity index (χ0v) is 22.1. The number of benzene rings is 3. The molecule has 1 aliphatic rings. The molecule has 0 radical (unpaired) electrons. The van der Waals surface area contributed by atoms with Gasteiger partial charge in [-0.15, -0.1) is 0 Å². The van der Waals surface area contributed by atoms with E-state index in [4.69, 9.17) is 0 Å². The van der Waals surface area contributed by atoms with Crippen LogP contribution in [0.1, 0.15) is 42.5 Å².